The quantitative estimate of drug-likeness (QED) is 0.917. The van der Waals surface area contributed by atoms with E-state index in [1.807, 2.05) is 24.3 Å². The van der Waals surface area contributed by atoms with E-state index in [9.17, 15) is 9.59 Å². The van der Waals surface area contributed by atoms with E-state index < -0.39 is 11.9 Å². The summed E-state index contributed by atoms with van der Waals surface area (Å²) < 4.78 is 0. The van der Waals surface area contributed by atoms with Gasteiger partial charge in [-0.1, -0.05) is 6.07 Å². The van der Waals surface area contributed by atoms with Crippen LogP contribution in [0.1, 0.15) is 23.2 Å². The van der Waals surface area contributed by atoms with Crippen molar-refractivity contribution in [2.75, 3.05) is 13.1 Å². The summed E-state index contributed by atoms with van der Waals surface area (Å²) in [5.74, 6) is -1.38. The van der Waals surface area contributed by atoms with Crippen LogP contribution < -0.4 is 0 Å². The number of carbonyl (C=O) groups is 2. The molecule has 1 atom stereocenters. The number of nitrogens with zero attached hydrogens (tertiary/aromatic N) is 2. The number of aliphatic carboxylic acids is 1. The lowest BCUT2D eigenvalue weighted by Gasteiger charge is -2.30. The Kier molecular flexibility index (Phi) is 3.56. The fourth-order valence-corrected chi connectivity index (χ4v) is 2.75. The molecule has 5 heteroatoms. The summed E-state index contributed by atoms with van der Waals surface area (Å²) in [6.07, 6.45) is 3.09. The van der Waals surface area contributed by atoms with Gasteiger partial charge in [0.15, 0.2) is 0 Å². The molecule has 1 aliphatic heterocycles. The third-order valence-electron chi connectivity index (χ3n) is 3.91. The van der Waals surface area contributed by atoms with Crippen LogP contribution in [-0.2, 0) is 4.79 Å². The van der Waals surface area contributed by atoms with Crippen molar-refractivity contribution >= 4 is 22.8 Å². The van der Waals surface area contributed by atoms with E-state index in [2.05, 4.69) is 4.98 Å². The predicted molar refractivity (Wildman–Crippen MR) is 78.0 cm³/mol. The SMILES string of the molecule is O=C(O)[C@H]1CCCN(C(=O)c2ccc3ncccc3c2)C1. The molecule has 21 heavy (non-hydrogen) atoms. The molecule has 3 rings (SSSR count). The van der Waals surface area contributed by atoms with E-state index in [0.29, 0.717) is 25.1 Å². The Balaban J connectivity index is 1.84. The lowest BCUT2D eigenvalue weighted by Crippen LogP contribution is -2.42. The van der Waals surface area contributed by atoms with Crippen LogP contribution in [0, 0.1) is 5.92 Å². The number of carboxylic acids is 1. The summed E-state index contributed by atoms with van der Waals surface area (Å²) in [5, 5.41) is 10.0. The van der Waals surface area contributed by atoms with Crippen LogP contribution in [0.3, 0.4) is 0 Å². The second-order valence-electron chi connectivity index (χ2n) is 5.34. The number of hydrogen-bond donors (Lipinski definition) is 1. The van der Waals surface area contributed by atoms with E-state index in [0.717, 1.165) is 17.3 Å². The number of benzene rings is 1. The fourth-order valence-electron chi connectivity index (χ4n) is 2.75. The highest BCUT2D eigenvalue weighted by Crippen LogP contribution is 2.20. The molecule has 0 radical (unpaired) electrons. The first-order valence-electron chi connectivity index (χ1n) is 7.02. The molecule has 1 aromatic heterocycles. The number of pyridine rings is 1. The van der Waals surface area contributed by atoms with Crippen molar-refractivity contribution in [1.82, 2.24) is 9.88 Å². The Morgan fingerprint density at radius 1 is 1.29 bits per heavy atom. The summed E-state index contributed by atoms with van der Waals surface area (Å²) in [5.41, 5.74) is 1.43. The standard InChI is InChI=1S/C16H16N2O3/c19-15(18-8-2-4-13(10-18)16(20)21)12-5-6-14-11(9-12)3-1-7-17-14/h1,3,5-7,9,13H,2,4,8,10H2,(H,20,21)/t13-/m0/s1. The van der Waals surface area contributed by atoms with Crippen LogP contribution in [0.5, 0.6) is 0 Å². The number of carboxylic acid groups (broad SMARTS) is 1. The molecule has 5 nitrogen and oxygen atoms in total. The summed E-state index contributed by atoms with van der Waals surface area (Å²) in [4.78, 5) is 29.5. The summed E-state index contributed by atoms with van der Waals surface area (Å²) in [7, 11) is 0. The molecule has 1 aliphatic rings. The Bertz CT molecular complexity index is 699. The van der Waals surface area contributed by atoms with E-state index in [4.69, 9.17) is 5.11 Å². The molecule has 0 bridgehead atoms. The summed E-state index contributed by atoms with van der Waals surface area (Å²) >= 11 is 0. The van der Waals surface area contributed by atoms with Gasteiger partial charge in [-0.2, -0.15) is 0 Å². The molecule has 1 aromatic carbocycles. The minimum absolute atomic E-state index is 0.105. The molecule has 1 N–H and O–H groups in total. The van der Waals surface area contributed by atoms with Crippen LogP contribution in [0.15, 0.2) is 36.5 Å². The maximum Gasteiger partial charge on any atom is 0.308 e. The molecule has 1 fully saturated rings. The van der Waals surface area contributed by atoms with Gasteiger partial charge in [0.2, 0.25) is 0 Å². The van der Waals surface area contributed by atoms with Crippen LogP contribution in [-0.4, -0.2) is 40.0 Å². The molecular weight excluding hydrogens is 268 g/mol. The van der Waals surface area contributed by atoms with Crippen LogP contribution in [0.4, 0.5) is 0 Å². The minimum Gasteiger partial charge on any atom is -0.481 e. The first kappa shape index (κ1) is 13.5. The predicted octanol–water partition coefficient (Wildman–Crippen LogP) is 2.17. The largest absolute Gasteiger partial charge is 0.481 e. The maximum absolute atomic E-state index is 12.5. The number of fused-ring (bicyclic) bond motifs is 1. The van der Waals surface area contributed by atoms with Crippen molar-refractivity contribution in [1.29, 1.82) is 0 Å². The molecule has 1 amide bonds. The molecule has 0 aliphatic carbocycles. The normalized spacial score (nSPS) is 18.7. The molecule has 0 spiro atoms. The molecule has 2 heterocycles. The highest BCUT2D eigenvalue weighted by atomic mass is 16.4. The van der Waals surface area contributed by atoms with Crippen molar-refractivity contribution in [2.24, 2.45) is 5.92 Å². The van der Waals surface area contributed by atoms with Gasteiger partial charge in [-0.25, -0.2) is 0 Å². The number of aromatic nitrogens is 1. The van der Waals surface area contributed by atoms with Gasteiger partial charge in [0.25, 0.3) is 5.91 Å². The highest BCUT2D eigenvalue weighted by Gasteiger charge is 2.28. The van der Waals surface area contributed by atoms with Crippen LogP contribution in [0.25, 0.3) is 10.9 Å². The lowest BCUT2D eigenvalue weighted by molar-refractivity contribution is -0.143. The first-order chi connectivity index (χ1) is 10.1. The minimum atomic E-state index is -0.824. The number of likely N-dealkylation sites (tertiary alicyclic amines) is 1. The number of piperidine rings is 1. The second kappa shape index (κ2) is 5.52. The van der Waals surface area contributed by atoms with Gasteiger partial charge in [0, 0.05) is 30.2 Å². The van der Waals surface area contributed by atoms with E-state index in [1.165, 1.54) is 0 Å². The van der Waals surface area contributed by atoms with Gasteiger partial charge in [-0.05, 0) is 37.1 Å². The van der Waals surface area contributed by atoms with Gasteiger partial charge in [0.1, 0.15) is 0 Å². The topological polar surface area (TPSA) is 70.5 Å². The number of amides is 1. The smallest absolute Gasteiger partial charge is 0.308 e. The van der Waals surface area contributed by atoms with Gasteiger partial charge >= 0.3 is 5.97 Å². The Morgan fingerprint density at radius 2 is 2.14 bits per heavy atom. The molecular formula is C16H16N2O3. The summed E-state index contributed by atoms with van der Waals surface area (Å²) in [6.45, 7) is 0.910. The zero-order chi connectivity index (χ0) is 14.8. The first-order valence-corrected chi connectivity index (χ1v) is 7.02. The van der Waals surface area contributed by atoms with Gasteiger partial charge in [-0.3, -0.25) is 14.6 Å². The average Bonchev–Trinajstić information content (AvgIpc) is 2.53. The monoisotopic (exact) mass is 284 g/mol. The third kappa shape index (κ3) is 2.72. The van der Waals surface area contributed by atoms with Crippen molar-refractivity contribution in [3.05, 3.63) is 42.1 Å². The van der Waals surface area contributed by atoms with Crippen molar-refractivity contribution < 1.29 is 14.7 Å². The van der Waals surface area contributed by atoms with Gasteiger partial charge in [0.05, 0.1) is 11.4 Å². The van der Waals surface area contributed by atoms with E-state index in [1.54, 1.807) is 17.2 Å². The number of carbonyl (C=O) groups excluding carboxylic acids is 1. The highest BCUT2D eigenvalue weighted by molar-refractivity contribution is 5.98. The second-order valence-corrected chi connectivity index (χ2v) is 5.34. The van der Waals surface area contributed by atoms with Crippen LogP contribution in [0.2, 0.25) is 0 Å². The lowest BCUT2D eigenvalue weighted by atomic mass is 9.97. The Hall–Kier alpha value is -2.43. The van der Waals surface area contributed by atoms with Crippen molar-refractivity contribution in [3.8, 4) is 0 Å². The fraction of sp³-hybridized carbons (Fsp3) is 0.312. The zero-order valence-electron chi connectivity index (χ0n) is 11.5. The average molecular weight is 284 g/mol. The Morgan fingerprint density at radius 3 is 2.95 bits per heavy atom. The Labute approximate surface area is 122 Å². The van der Waals surface area contributed by atoms with Crippen molar-refractivity contribution in [3.63, 3.8) is 0 Å². The molecule has 0 unspecified atom stereocenters. The molecule has 108 valence electrons. The van der Waals surface area contributed by atoms with Crippen LogP contribution >= 0.6 is 0 Å². The number of hydrogen-bond acceptors (Lipinski definition) is 3. The molecule has 2 aromatic rings. The zero-order valence-corrected chi connectivity index (χ0v) is 11.5. The van der Waals surface area contributed by atoms with Gasteiger partial charge < -0.3 is 10.0 Å². The molecule has 0 saturated carbocycles. The summed E-state index contributed by atoms with van der Waals surface area (Å²) in [6, 6.07) is 9.13. The van der Waals surface area contributed by atoms with E-state index in [-0.39, 0.29) is 5.91 Å². The molecule has 1 saturated heterocycles. The third-order valence-corrected chi connectivity index (χ3v) is 3.91. The van der Waals surface area contributed by atoms with Gasteiger partial charge in [-0.15, -0.1) is 0 Å². The van der Waals surface area contributed by atoms with Crippen molar-refractivity contribution in [2.45, 2.75) is 12.8 Å². The van der Waals surface area contributed by atoms with E-state index >= 15 is 0 Å². The maximum atomic E-state index is 12.5. The number of rotatable bonds is 2.